The number of amides is 1. The number of carbonyl (C=O) groups is 2. The molecule has 82 valence electrons. The standard InChI is InChI=1S/C10H14N2O2S/c1-4-8-7(3)15-10(11-8)12-9(14)5-6(2)13/h4-5H2,1-3H3,(H,11,12,14). The molecule has 1 rings (SSSR count). The van der Waals surface area contributed by atoms with Crippen molar-refractivity contribution in [2.24, 2.45) is 0 Å². The molecule has 5 heteroatoms. The van der Waals surface area contributed by atoms with E-state index >= 15 is 0 Å². The van der Waals surface area contributed by atoms with Gasteiger partial charge in [0.15, 0.2) is 5.13 Å². The van der Waals surface area contributed by atoms with E-state index < -0.39 is 0 Å². The Labute approximate surface area is 92.7 Å². The minimum Gasteiger partial charge on any atom is -0.302 e. The predicted molar refractivity (Wildman–Crippen MR) is 60.2 cm³/mol. The molecule has 15 heavy (non-hydrogen) atoms. The fourth-order valence-electron chi connectivity index (χ4n) is 1.20. The first kappa shape index (κ1) is 11.8. The van der Waals surface area contributed by atoms with Crippen molar-refractivity contribution in [1.29, 1.82) is 0 Å². The number of nitrogens with one attached hydrogen (secondary N) is 1. The van der Waals surface area contributed by atoms with Crippen LogP contribution in [-0.2, 0) is 16.0 Å². The molecule has 0 spiro atoms. The Morgan fingerprint density at radius 1 is 1.47 bits per heavy atom. The molecule has 1 amide bonds. The molecular weight excluding hydrogens is 212 g/mol. The molecule has 0 fully saturated rings. The van der Waals surface area contributed by atoms with Crippen molar-refractivity contribution < 1.29 is 9.59 Å². The summed E-state index contributed by atoms with van der Waals surface area (Å²) in [6.45, 7) is 5.38. The number of rotatable bonds is 4. The summed E-state index contributed by atoms with van der Waals surface area (Å²) in [6.07, 6.45) is 0.769. The van der Waals surface area contributed by atoms with Crippen LogP contribution in [0.5, 0.6) is 0 Å². The van der Waals surface area contributed by atoms with Crippen molar-refractivity contribution in [1.82, 2.24) is 4.98 Å². The molecule has 0 bridgehead atoms. The smallest absolute Gasteiger partial charge is 0.233 e. The van der Waals surface area contributed by atoms with Crippen molar-refractivity contribution in [3.8, 4) is 0 Å². The van der Waals surface area contributed by atoms with Gasteiger partial charge in [0.05, 0.1) is 12.1 Å². The number of ketones is 1. The van der Waals surface area contributed by atoms with Crippen LogP contribution in [0.25, 0.3) is 0 Å². The van der Waals surface area contributed by atoms with E-state index in [2.05, 4.69) is 10.3 Å². The van der Waals surface area contributed by atoms with Crippen LogP contribution >= 0.6 is 11.3 Å². The number of Topliss-reactive ketones (excluding diaryl/α,β-unsaturated/α-hetero) is 1. The SMILES string of the molecule is CCc1nc(NC(=O)CC(C)=O)sc1C. The summed E-state index contributed by atoms with van der Waals surface area (Å²) in [5.41, 5.74) is 0.998. The minimum absolute atomic E-state index is 0.0832. The van der Waals surface area contributed by atoms with Crippen molar-refractivity contribution in [3.05, 3.63) is 10.6 Å². The molecule has 1 N–H and O–H groups in total. The van der Waals surface area contributed by atoms with Crippen molar-refractivity contribution in [3.63, 3.8) is 0 Å². The largest absolute Gasteiger partial charge is 0.302 e. The minimum atomic E-state index is -0.293. The number of anilines is 1. The predicted octanol–water partition coefficient (Wildman–Crippen LogP) is 1.93. The zero-order valence-electron chi connectivity index (χ0n) is 9.09. The van der Waals surface area contributed by atoms with Crippen LogP contribution in [-0.4, -0.2) is 16.7 Å². The first-order valence-corrected chi connectivity index (χ1v) is 5.60. The lowest BCUT2D eigenvalue weighted by atomic mass is 10.3. The highest BCUT2D eigenvalue weighted by Gasteiger charge is 2.10. The topological polar surface area (TPSA) is 59.1 Å². The van der Waals surface area contributed by atoms with Gasteiger partial charge in [-0.25, -0.2) is 4.98 Å². The van der Waals surface area contributed by atoms with Gasteiger partial charge in [0, 0.05) is 4.88 Å². The van der Waals surface area contributed by atoms with Gasteiger partial charge in [-0.2, -0.15) is 0 Å². The van der Waals surface area contributed by atoms with E-state index in [1.165, 1.54) is 18.3 Å². The fourth-order valence-corrected chi connectivity index (χ4v) is 2.12. The zero-order valence-corrected chi connectivity index (χ0v) is 9.90. The number of aryl methyl sites for hydroxylation is 2. The van der Waals surface area contributed by atoms with Crippen molar-refractivity contribution in [2.45, 2.75) is 33.6 Å². The fraction of sp³-hybridized carbons (Fsp3) is 0.500. The summed E-state index contributed by atoms with van der Waals surface area (Å²) < 4.78 is 0. The van der Waals surface area contributed by atoms with Crippen LogP contribution < -0.4 is 5.32 Å². The normalized spacial score (nSPS) is 10.1. The summed E-state index contributed by atoms with van der Waals surface area (Å²) in [5.74, 6) is -0.435. The second-order valence-electron chi connectivity index (χ2n) is 3.30. The Kier molecular flexibility index (Phi) is 3.96. The van der Waals surface area contributed by atoms with Crippen LogP contribution in [0.1, 0.15) is 30.8 Å². The highest BCUT2D eigenvalue weighted by atomic mass is 32.1. The summed E-state index contributed by atoms with van der Waals surface area (Å²) >= 11 is 1.44. The molecule has 0 radical (unpaired) electrons. The number of hydrogen-bond acceptors (Lipinski definition) is 4. The van der Waals surface area contributed by atoms with Gasteiger partial charge in [-0.15, -0.1) is 11.3 Å². The molecule has 0 saturated heterocycles. The molecule has 0 saturated carbocycles. The second kappa shape index (κ2) is 5.02. The average molecular weight is 226 g/mol. The molecule has 0 aliphatic carbocycles. The third-order valence-electron chi connectivity index (χ3n) is 1.88. The number of carbonyl (C=O) groups excluding carboxylic acids is 2. The number of hydrogen-bond donors (Lipinski definition) is 1. The van der Waals surface area contributed by atoms with Gasteiger partial charge < -0.3 is 5.32 Å². The lowest BCUT2D eigenvalue weighted by Crippen LogP contribution is -2.14. The van der Waals surface area contributed by atoms with Gasteiger partial charge in [-0.3, -0.25) is 9.59 Å². The van der Waals surface area contributed by atoms with E-state index in [0.717, 1.165) is 17.0 Å². The second-order valence-corrected chi connectivity index (χ2v) is 4.51. The van der Waals surface area contributed by atoms with Gasteiger partial charge in [-0.05, 0) is 20.3 Å². The van der Waals surface area contributed by atoms with Gasteiger partial charge in [-0.1, -0.05) is 6.92 Å². The molecule has 1 heterocycles. The highest BCUT2D eigenvalue weighted by molar-refractivity contribution is 7.15. The van der Waals surface area contributed by atoms with E-state index in [0.29, 0.717) is 5.13 Å². The van der Waals surface area contributed by atoms with E-state index in [9.17, 15) is 9.59 Å². The Bertz CT molecular complexity index is 385. The van der Waals surface area contributed by atoms with E-state index in [-0.39, 0.29) is 18.1 Å². The summed E-state index contributed by atoms with van der Waals surface area (Å²) in [7, 11) is 0. The lowest BCUT2D eigenvalue weighted by molar-refractivity contribution is -0.124. The molecule has 0 aliphatic rings. The number of aromatic nitrogens is 1. The van der Waals surface area contributed by atoms with Crippen LogP contribution in [0, 0.1) is 6.92 Å². The van der Waals surface area contributed by atoms with Crippen LogP contribution in [0.3, 0.4) is 0 Å². The molecule has 0 aromatic carbocycles. The van der Waals surface area contributed by atoms with Crippen molar-refractivity contribution in [2.75, 3.05) is 5.32 Å². The quantitative estimate of drug-likeness (QED) is 0.798. The molecule has 4 nitrogen and oxygen atoms in total. The molecule has 0 aliphatic heterocycles. The summed E-state index contributed by atoms with van der Waals surface area (Å²) in [5, 5.41) is 3.20. The van der Waals surface area contributed by atoms with Gasteiger partial charge in [0.25, 0.3) is 0 Å². The van der Waals surface area contributed by atoms with Crippen molar-refractivity contribution >= 4 is 28.2 Å². The third-order valence-corrected chi connectivity index (χ3v) is 2.81. The maximum atomic E-state index is 11.3. The summed E-state index contributed by atoms with van der Waals surface area (Å²) in [6, 6.07) is 0. The summed E-state index contributed by atoms with van der Waals surface area (Å²) in [4.78, 5) is 27.3. The molecule has 1 aromatic heterocycles. The number of thiazole rings is 1. The third kappa shape index (κ3) is 3.43. The maximum Gasteiger partial charge on any atom is 0.233 e. The Morgan fingerprint density at radius 3 is 2.60 bits per heavy atom. The first-order valence-electron chi connectivity index (χ1n) is 4.78. The number of nitrogens with zero attached hydrogens (tertiary/aromatic N) is 1. The van der Waals surface area contributed by atoms with E-state index in [1.54, 1.807) is 0 Å². The monoisotopic (exact) mass is 226 g/mol. The van der Waals surface area contributed by atoms with Gasteiger partial charge in [0.1, 0.15) is 5.78 Å². The Hall–Kier alpha value is -1.23. The average Bonchev–Trinajstić information content (AvgIpc) is 2.44. The van der Waals surface area contributed by atoms with Crippen LogP contribution in [0.15, 0.2) is 0 Å². The molecule has 0 unspecified atom stereocenters. The Balaban J connectivity index is 2.64. The van der Waals surface area contributed by atoms with E-state index in [4.69, 9.17) is 0 Å². The first-order chi connectivity index (χ1) is 7.02. The zero-order chi connectivity index (χ0) is 11.4. The van der Waals surface area contributed by atoms with Gasteiger partial charge in [0.2, 0.25) is 5.91 Å². The van der Waals surface area contributed by atoms with Crippen LogP contribution in [0.2, 0.25) is 0 Å². The molecule has 1 aromatic rings. The molecular formula is C10H14N2O2S. The van der Waals surface area contributed by atoms with Gasteiger partial charge >= 0.3 is 0 Å². The highest BCUT2D eigenvalue weighted by Crippen LogP contribution is 2.22. The lowest BCUT2D eigenvalue weighted by Gasteiger charge is -1.97. The maximum absolute atomic E-state index is 11.3. The molecule has 0 atom stereocenters. The van der Waals surface area contributed by atoms with E-state index in [1.807, 2.05) is 13.8 Å². The Morgan fingerprint density at radius 2 is 2.13 bits per heavy atom. The van der Waals surface area contributed by atoms with Crippen LogP contribution in [0.4, 0.5) is 5.13 Å².